The van der Waals surface area contributed by atoms with Crippen molar-refractivity contribution >= 4 is 25.7 Å². The zero-order valence-electron chi connectivity index (χ0n) is 31.6. The molecule has 0 aliphatic carbocycles. The molecule has 1 aromatic rings. The van der Waals surface area contributed by atoms with E-state index in [0.717, 1.165) is 19.3 Å². The van der Waals surface area contributed by atoms with Crippen molar-refractivity contribution in [3.8, 4) is 0 Å². The second kappa shape index (κ2) is 26.8. The van der Waals surface area contributed by atoms with Gasteiger partial charge in [-0.3, -0.25) is 33.3 Å². The quantitative estimate of drug-likeness (QED) is 0.0229. The molecular weight excluding hydrogens is 704 g/mol. The molecule has 0 saturated heterocycles. The number of ether oxygens (including phenoxy) is 3. The minimum atomic E-state index is -4.72. The molecule has 0 fully saturated rings. The summed E-state index contributed by atoms with van der Waals surface area (Å²) in [5, 5.41) is 0. The minimum absolute atomic E-state index is 0.0883. The van der Waals surface area contributed by atoms with Crippen molar-refractivity contribution in [1.29, 1.82) is 0 Å². The summed E-state index contributed by atoms with van der Waals surface area (Å²) < 4.78 is 52.3. The maximum absolute atomic E-state index is 13.4. The topological polar surface area (TPSA) is 190 Å². The minimum Gasteiger partial charge on any atom is -0.459 e. The van der Waals surface area contributed by atoms with Crippen LogP contribution >= 0.6 is 7.82 Å². The van der Waals surface area contributed by atoms with E-state index in [1.807, 2.05) is 21.1 Å². The van der Waals surface area contributed by atoms with Gasteiger partial charge in [0.2, 0.25) is 12.1 Å². The number of hydrogen-bond acceptors (Lipinski definition) is 11. The van der Waals surface area contributed by atoms with E-state index < -0.39 is 62.4 Å². The predicted molar refractivity (Wildman–Crippen MR) is 191 cm³/mol. The molecule has 0 radical (unpaired) electrons. The number of nitrogens with one attached hydrogen (secondary N) is 1. The average molecular weight is 767 g/mol. The molecule has 17 heteroatoms. The van der Waals surface area contributed by atoms with E-state index >= 15 is 0 Å². The molecule has 52 heavy (non-hydrogen) atoms. The summed E-state index contributed by atoms with van der Waals surface area (Å²) in [7, 11) is 0.842. The van der Waals surface area contributed by atoms with Crippen LogP contribution in [-0.4, -0.2) is 84.0 Å². The summed E-state index contributed by atoms with van der Waals surface area (Å²) in [6.45, 7) is 1.14. The van der Waals surface area contributed by atoms with Crippen LogP contribution in [0.2, 0.25) is 0 Å². The molecule has 1 heterocycles. The van der Waals surface area contributed by atoms with E-state index in [4.69, 9.17) is 23.3 Å². The van der Waals surface area contributed by atoms with Gasteiger partial charge in [-0.25, -0.2) is 13.9 Å². The third kappa shape index (κ3) is 25.1. The first kappa shape index (κ1) is 47.1. The van der Waals surface area contributed by atoms with E-state index in [-0.39, 0.29) is 32.3 Å². The van der Waals surface area contributed by atoms with Gasteiger partial charge in [0.25, 0.3) is 5.56 Å². The first-order valence-electron chi connectivity index (χ1n) is 18.6. The first-order chi connectivity index (χ1) is 24.6. The number of carbonyl (C=O) groups is 3. The number of esters is 3. The lowest BCUT2D eigenvalue weighted by molar-refractivity contribution is -0.870. The fraction of sp³-hybridized carbons (Fsp3) is 0.800. The van der Waals surface area contributed by atoms with Crippen LogP contribution in [0.3, 0.4) is 0 Å². The first-order valence-corrected chi connectivity index (χ1v) is 20.1. The SMILES string of the molecule is CCCCCCCCCCCCCCCCCC(=O)OCC(OC(=O)CCCC(=O)OCn1cc(F)c(=O)[nH]c1=O)OP(=O)(O)OCC[N+](C)(C)C. The Labute approximate surface area is 306 Å². The number of halogens is 1. The third-order valence-corrected chi connectivity index (χ3v) is 9.00. The number of hydrogen-bond donors (Lipinski definition) is 2. The predicted octanol–water partition coefficient (Wildman–Crippen LogP) is 5.86. The Kier molecular flexibility index (Phi) is 24.3. The zero-order chi connectivity index (χ0) is 38.8. The van der Waals surface area contributed by atoms with Crippen molar-refractivity contribution in [2.24, 2.45) is 0 Å². The third-order valence-electron chi connectivity index (χ3n) is 7.99. The van der Waals surface area contributed by atoms with Crippen molar-refractivity contribution in [1.82, 2.24) is 9.55 Å². The molecule has 0 aliphatic rings. The van der Waals surface area contributed by atoms with Crippen LogP contribution in [-0.2, 0) is 48.9 Å². The smallest absolute Gasteiger partial charge is 0.459 e. The summed E-state index contributed by atoms with van der Waals surface area (Å²) in [6.07, 6.45) is 16.0. The van der Waals surface area contributed by atoms with Gasteiger partial charge in [-0.1, -0.05) is 96.8 Å². The highest BCUT2D eigenvalue weighted by Crippen LogP contribution is 2.44. The molecule has 0 aliphatic heterocycles. The molecule has 0 bridgehead atoms. The Morgan fingerprint density at radius 3 is 1.87 bits per heavy atom. The molecular formula is C35H62FN3O12P+. The maximum atomic E-state index is 13.4. The molecule has 300 valence electrons. The molecule has 2 atom stereocenters. The van der Waals surface area contributed by atoms with E-state index in [1.165, 1.54) is 70.6 Å². The van der Waals surface area contributed by atoms with E-state index in [0.29, 0.717) is 28.2 Å². The maximum Gasteiger partial charge on any atom is 0.475 e. The Morgan fingerprint density at radius 1 is 0.808 bits per heavy atom. The number of quaternary nitrogens is 1. The van der Waals surface area contributed by atoms with Crippen molar-refractivity contribution in [2.45, 2.75) is 142 Å². The molecule has 1 aromatic heterocycles. The molecule has 0 saturated carbocycles. The largest absolute Gasteiger partial charge is 0.475 e. The summed E-state index contributed by atoms with van der Waals surface area (Å²) in [4.78, 5) is 71.7. The highest BCUT2D eigenvalue weighted by Gasteiger charge is 2.31. The lowest BCUT2D eigenvalue weighted by atomic mass is 10.0. The molecule has 2 unspecified atom stereocenters. The second-order valence-corrected chi connectivity index (χ2v) is 15.3. The van der Waals surface area contributed by atoms with Crippen molar-refractivity contribution in [2.75, 3.05) is 40.9 Å². The number of phosphoric acid groups is 1. The Morgan fingerprint density at radius 2 is 1.31 bits per heavy atom. The number of rotatable bonds is 31. The van der Waals surface area contributed by atoms with E-state index in [9.17, 15) is 37.8 Å². The monoisotopic (exact) mass is 766 g/mol. The van der Waals surface area contributed by atoms with Crippen LogP contribution in [0.5, 0.6) is 0 Å². The number of likely N-dealkylation sites (N-methyl/N-ethyl adjacent to an activating group) is 1. The number of unbranched alkanes of at least 4 members (excludes halogenated alkanes) is 14. The lowest BCUT2D eigenvalue weighted by Gasteiger charge is -2.25. The van der Waals surface area contributed by atoms with Gasteiger partial charge in [-0.15, -0.1) is 0 Å². The number of aromatic amines is 1. The van der Waals surface area contributed by atoms with E-state index in [1.54, 1.807) is 4.98 Å². The Balaban J connectivity index is 2.43. The molecule has 0 spiro atoms. The fourth-order valence-corrected chi connectivity index (χ4v) is 5.72. The standard InChI is InChI=1S/C35H61FN3O12P/c1-5-6-7-8-9-10-11-12-13-14-15-16-17-18-19-21-30(40)47-27-33(51-52(45,46)49-25-24-39(2,3)4)50-32(42)23-20-22-31(41)48-28-38-26-29(36)34(43)37-35(38)44/h26,33H,5-25,27-28H2,1-4H3,(H-,37,43,44,45,46)/p+1. The number of phosphoric ester groups is 1. The fourth-order valence-electron chi connectivity index (χ4n) is 4.94. The van der Waals surface area contributed by atoms with E-state index in [2.05, 4.69) is 6.92 Å². The second-order valence-electron chi connectivity index (χ2n) is 13.9. The highest BCUT2D eigenvalue weighted by molar-refractivity contribution is 7.47. The Hall–Kier alpha value is -2.91. The van der Waals surface area contributed by atoms with Crippen LogP contribution < -0.4 is 11.2 Å². The molecule has 0 aromatic carbocycles. The van der Waals surface area contributed by atoms with Gasteiger partial charge in [-0.05, 0) is 12.8 Å². The van der Waals surface area contributed by atoms with Gasteiger partial charge in [0.1, 0.15) is 13.2 Å². The molecule has 15 nitrogen and oxygen atoms in total. The van der Waals surface area contributed by atoms with Gasteiger partial charge in [0.05, 0.1) is 27.3 Å². The van der Waals surface area contributed by atoms with Gasteiger partial charge >= 0.3 is 31.4 Å². The Bertz CT molecular complexity index is 1350. The van der Waals surface area contributed by atoms with Gasteiger partial charge in [-0.2, -0.15) is 4.39 Å². The molecule has 1 rings (SSSR count). The average Bonchev–Trinajstić information content (AvgIpc) is 3.05. The summed E-state index contributed by atoms with van der Waals surface area (Å²) in [5.74, 6) is -3.58. The number of H-pyrrole nitrogens is 1. The van der Waals surface area contributed by atoms with Crippen LogP contribution in [0, 0.1) is 5.82 Å². The normalized spacial score (nSPS) is 13.3. The van der Waals surface area contributed by atoms with Crippen LogP contribution in [0.4, 0.5) is 4.39 Å². The van der Waals surface area contributed by atoms with Crippen molar-refractivity contribution in [3.05, 3.63) is 32.9 Å². The van der Waals surface area contributed by atoms with Crippen molar-refractivity contribution < 1.29 is 56.0 Å². The van der Waals surface area contributed by atoms with Crippen LogP contribution in [0.1, 0.15) is 129 Å². The summed E-state index contributed by atoms with van der Waals surface area (Å²) in [6, 6.07) is 0. The summed E-state index contributed by atoms with van der Waals surface area (Å²) >= 11 is 0. The van der Waals surface area contributed by atoms with Gasteiger partial charge < -0.3 is 23.6 Å². The number of nitrogens with zero attached hydrogens (tertiary/aromatic N) is 2. The molecule has 0 amide bonds. The van der Waals surface area contributed by atoms with Gasteiger partial charge in [0, 0.05) is 19.3 Å². The zero-order valence-corrected chi connectivity index (χ0v) is 32.5. The van der Waals surface area contributed by atoms with Crippen molar-refractivity contribution in [3.63, 3.8) is 0 Å². The van der Waals surface area contributed by atoms with Gasteiger partial charge in [0.15, 0.2) is 13.3 Å². The number of carbonyl (C=O) groups excluding carboxylic acids is 3. The van der Waals surface area contributed by atoms with Crippen LogP contribution in [0.25, 0.3) is 0 Å². The number of aromatic nitrogens is 2. The highest BCUT2D eigenvalue weighted by atomic mass is 31.2. The summed E-state index contributed by atoms with van der Waals surface area (Å²) in [5.41, 5.74) is -2.19. The lowest BCUT2D eigenvalue weighted by Crippen LogP contribution is -2.37. The van der Waals surface area contributed by atoms with Crippen LogP contribution in [0.15, 0.2) is 15.8 Å². The molecule has 2 N–H and O–H groups in total.